The van der Waals surface area contributed by atoms with Gasteiger partial charge in [0, 0.05) is 10.6 Å². The van der Waals surface area contributed by atoms with Crippen LogP contribution in [0.4, 0.5) is 0 Å². The highest BCUT2D eigenvalue weighted by molar-refractivity contribution is 7.88. The van der Waals surface area contributed by atoms with E-state index in [1.807, 2.05) is 5.32 Å². The van der Waals surface area contributed by atoms with Gasteiger partial charge in [0.25, 0.3) is 5.91 Å². The molecule has 0 radical (unpaired) electrons. The number of imide groups is 1. The number of rotatable bonds is 11. The number of carbonyl (C=O) groups is 3. The number of guanidine groups is 1. The van der Waals surface area contributed by atoms with Gasteiger partial charge in [-0.3, -0.25) is 19.7 Å². The SMILES string of the molecule is NC(N)=NCc1ccc(O)cc1C(=O)NC(=O)CNC(=O)[C@H](CO)NS(=O)(=O)Cc1ccc(Cl)cc1. The van der Waals surface area contributed by atoms with Gasteiger partial charge in [-0.25, -0.2) is 18.1 Å². The number of phenols is 1. The summed E-state index contributed by atoms with van der Waals surface area (Å²) in [5, 5.41) is 23.7. The topological polar surface area (TPSA) is 226 Å². The molecule has 2 aromatic carbocycles. The smallest absolute Gasteiger partial charge is 0.258 e. The second-order valence-corrected chi connectivity index (χ2v) is 9.61. The van der Waals surface area contributed by atoms with Crippen LogP contribution in [0.15, 0.2) is 47.5 Å². The summed E-state index contributed by atoms with van der Waals surface area (Å²) in [5.74, 6) is -3.78. The Morgan fingerprint density at radius 2 is 1.75 bits per heavy atom. The van der Waals surface area contributed by atoms with Gasteiger partial charge in [-0.15, -0.1) is 0 Å². The van der Waals surface area contributed by atoms with Crippen molar-refractivity contribution in [3.63, 3.8) is 0 Å². The number of amides is 3. The lowest BCUT2D eigenvalue weighted by atomic mass is 10.1. The number of hydrogen-bond donors (Lipinski definition) is 7. The fourth-order valence-corrected chi connectivity index (χ4v) is 4.31. The highest BCUT2D eigenvalue weighted by Gasteiger charge is 2.25. The van der Waals surface area contributed by atoms with Gasteiger partial charge in [0.05, 0.1) is 25.4 Å². The highest BCUT2D eigenvalue weighted by atomic mass is 35.5. The van der Waals surface area contributed by atoms with Crippen LogP contribution in [0.5, 0.6) is 5.75 Å². The number of phenolic OH excluding ortho intramolecular Hbond substituents is 1. The van der Waals surface area contributed by atoms with E-state index in [4.69, 9.17) is 23.1 Å². The number of benzene rings is 2. The van der Waals surface area contributed by atoms with Crippen LogP contribution in [-0.2, 0) is 31.9 Å². The van der Waals surface area contributed by atoms with Crippen molar-refractivity contribution < 1.29 is 33.0 Å². The van der Waals surface area contributed by atoms with Gasteiger partial charge in [0.1, 0.15) is 11.8 Å². The summed E-state index contributed by atoms with van der Waals surface area (Å²) in [6.07, 6.45) is 0. The molecule has 0 spiro atoms. The zero-order valence-corrected chi connectivity index (χ0v) is 20.3. The van der Waals surface area contributed by atoms with E-state index in [1.165, 1.54) is 36.4 Å². The van der Waals surface area contributed by atoms with Crippen molar-refractivity contribution in [1.29, 1.82) is 0 Å². The van der Waals surface area contributed by atoms with Gasteiger partial charge < -0.3 is 27.0 Å². The third kappa shape index (κ3) is 9.14. The van der Waals surface area contributed by atoms with Crippen LogP contribution in [0.25, 0.3) is 0 Å². The number of nitrogens with zero attached hydrogens (tertiary/aromatic N) is 1. The standard InChI is InChI=1S/C21H25ClN6O7S/c22-14-4-1-12(2-5-14)11-36(34,35)28-17(10-29)20(33)25-9-18(31)27-19(32)16-7-15(30)6-3-13(16)8-26-21(23)24/h1-7,17,28-30H,8-11H2,(H,25,33)(H4,23,24,26)(H,27,31,32)/t17-/m0/s1. The largest absolute Gasteiger partial charge is 0.508 e. The van der Waals surface area contributed by atoms with E-state index in [0.717, 1.165) is 6.07 Å². The summed E-state index contributed by atoms with van der Waals surface area (Å²) in [6, 6.07) is 8.22. The maximum absolute atomic E-state index is 12.5. The monoisotopic (exact) mass is 540 g/mol. The fourth-order valence-electron chi connectivity index (χ4n) is 2.85. The Hall–Kier alpha value is -3.72. The van der Waals surface area contributed by atoms with E-state index >= 15 is 0 Å². The number of aliphatic hydroxyl groups excluding tert-OH is 1. The van der Waals surface area contributed by atoms with Crippen molar-refractivity contribution in [2.24, 2.45) is 16.5 Å². The van der Waals surface area contributed by atoms with Crippen LogP contribution in [0.3, 0.4) is 0 Å². The van der Waals surface area contributed by atoms with Crippen LogP contribution in [0, 0.1) is 0 Å². The molecule has 0 bridgehead atoms. The first kappa shape index (κ1) is 28.5. The van der Waals surface area contributed by atoms with E-state index < -0.39 is 52.7 Å². The quantitative estimate of drug-likeness (QED) is 0.132. The Labute approximate surface area is 211 Å². The molecule has 36 heavy (non-hydrogen) atoms. The minimum atomic E-state index is -4.04. The first-order chi connectivity index (χ1) is 16.9. The molecular formula is C21H25ClN6O7S. The summed E-state index contributed by atoms with van der Waals surface area (Å²) in [7, 11) is -4.04. The Kier molecular flexibility index (Phi) is 10.2. The van der Waals surface area contributed by atoms with Gasteiger partial charge in [0.2, 0.25) is 21.8 Å². The first-order valence-corrected chi connectivity index (χ1v) is 12.3. The number of nitrogens with one attached hydrogen (secondary N) is 3. The van der Waals surface area contributed by atoms with Crippen molar-refractivity contribution in [3.8, 4) is 5.75 Å². The Morgan fingerprint density at radius 3 is 2.36 bits per heavy atom. The number of hydrogen-bond acceptors (Lipinski definition) is 8. The summed E-state index contributed by atoms with van der Waals surface area (Å²) in [5.41, 5.74) is 11.2. The predicted molar refractivity (Wildman–Crippen MR) is 131 cm³/mol. The van der Waals surface area contributed by atoms with Crippen molar-refractivity contribution in [2.75, 3.05) is 13.2 Å². The molecule has 13 nitrogen and oxygen atoms in total. The van der Waals surface area contributed by atoms with Crippen molar-refractivity contribution >= 4 is 45.3 Å². The lowest BCUT2D eigenvalue weighted by Gasteiger charge is -2.16. The van der Waals surface area contributed by atoms with Crippen molar-refractivity contribution in [3.05, 3.63) is 64.2 Å². The molecule has 2 rings (SSSR count). The zero-order chi connectivity index (χ0) is 26.9. The number of aromatic hydroxyl groups is 1. The average molecular weight is 541 g/mol. The number of carbonyl (C=O) groups excluding carboxylic acids is 3. The molecule has 1 atom stereocenters. The van der Waals surface area contributed by atoms with E-state index in [0.29, 0.717) is 16.1 Å². The van der Waals surface area contributed by atoms with Crippen LogP contribution >= 0.6 is 11.6 Å². The van der Waals surface area contributed by atoms with Gasteiger partial charge in [-0.05, 0) is 35.4 Å². The zero-order valence-electron chi connectivity index (χ0n) is 18.8. The molecule has 0 aliphatic rings. The van der Waals surface area contributed by atoms with E-state index in [2.05, 4.69) is 15.0 Å². The van der Waals surface area contributed by atoms with Crippen molar-refractivity contribution in [1.82, 2.24) is 15.4 Å². The molecule has 0 unspecified atom stereocenters. The minimum absolute atomic E-state index is 0.0807. The molecule has 0 aromatic heterocycles. The third-order valence-electron chi connectivity index (χ3n) is 4.54. The Balaban J connectivity index is 1.95. The molecule has 15 heteroatoms. The Morgan fingerprint density at radius 1 is 1.08 bits per heavy atom. The molecule has 0 aliphatic heterocycles. The van der Waals surface area contributed by atoms with Crippen LogP contribution < -0.4 is 26.8 Å². The molecule has 0 fully saturated rings. The summed E-state index contributed by atoms with van der Waals surface area (Å²) in [4.78, 5) is 40.7. The fraction of sp³-hybridized carbons (Fsp3) is 0.238. The molecule has 2 aromatic rings. The lowest BCUT2D eigenvalue weighted by molar-refractivity contribution is -0.127. The van der Waals surface area contributed by atoms with Crippen LogP contribution in [0.2, 0.25) is 5.02 Å². The first-order valence-electron chi connectivity index (χ1n) is 10.2. The molecule has 9 N–H and O–H groups in total. The summed E-state index contributed by atoms with van der Waals surface area (Å²) >= 11 is 5.77. The third-order valence-corrected chi connectivity index (χ3v) is 6.15. The van der Waals surface area contributed by atoms with Gasteiger partial charge >= 0.3 is 0 Å². The van der Waals surface area contributed by atoms with E-state index in [1.54, 1.807) is 0 Å². The maximum Gasteiger partial charge on any atom is 0.258 e. The molecule has 0 saturated carbocycles. The normalized spacial score (nSPS) is 11.8. The number of nitrogens with two attached hydrogens (primary N) is 2. The molecule has 0 saturated heterocycles. The number of aliphatic hydroxyl groups is 1. The lowest BCUT2D eigenvalue weighted by Crippen LogP contribution is -2.51. The summed E-state index contributed by atoms with van der Waals surface area (Å²) in [6.45, 7) is -1.68. The molecule has 194 valence electrons. The number of aliphatic imine (C=N–C) groups is 1. The number of sulfonamides is 1. The van der Waals surface area contributed by atoms with E-state index in [-0.39, 0.29) is 23.8 Å². The van der Waals surface area contributed by atoms with Crippen LogP contribution in [-0.4, -0.2) is 61.5 Å². The molecule has 0 heterocycles. The maximum atomic E-state index is 12.5. The Bertz CT molecular complexity index is 1250. The minimum Gasteiger partial charge on any atom is -0.508 e. The second-order valence-electron chi connectivity index (χ2n) is 7.42. The predicted octanol–water partition coefficient (Wildman–Crippen LogP) is -1.33. The molecular weight excluding hydrogens is 516 g/mol. The molecule has 3 amide bonds. The average Bonchev–Trinajstić information content (AvgIpc) is 2.81. The second kappa shape index (κ2) is 12.8. The van der Waals surface area contributed by atoms with Crippen molar-refractivity contribution in [2.45, 2.75) is 18.3 Å². The summed E-state index contributed by atoms with van der Waals surface area (Å²) < 4.78 is 26.7. The van der Waals surface area contributed by atoms with Crippen LogP contribution in [0.1, 0.15) is 21.5 Å². The van der Waals surface area contributed by atoms with Gasteiger partial charge in [-0.1, -0.05) is 29.8 Å². The van der Waals surface area contributed by atoms with E-state index in [9.17, 15) is 33.0 Å². The molecule has 0 aliphatic carbocycles. The highest BCUT2D eigenvalue weighted by Crippen LogP contribution is 2.17. The van der Waals surface area contributed by atoms with Gasteiger partial charge in [0.15, 0.2) is 5.96 Å². The number of halogens is 1. The van der Waals surface area contributed by atoms with Gasteiger partial charge in [-0.2, -0.15) is 0 Å².